The van der Waals surface area contributed by atoms with E-state index in [1.807, 2.05) is 18.2 Å². The molecule has 0 radical (unpaired) electrons. The molecular weight excluding hydrogens is 302 g/mol. The zero-order chi connectivity index (χ0) is 16.6. The average molecular weight is 325 g/mol. The fourth-order valence-electron chi connectivity index (χ4n) is 2.96. The van der Waals surface area contributed by atoms with Gasteiger partial charge in [0.15, 0.2) is 0 Å². The van der Waals surface area contributed by atoms with Crippen LogP contribution in [0.4, 0.5) is 0 Å². The summed E-state index contributed by atoms with van der Waals surface area (Å²) in [6, 6.07) is 7.29. The maximum Gasteiger partial charge on any atom is 0.252 e. The fourth-order valence-corrected chi connectivity index (χ4v) is 2.96. The molecule has 0 unspecified atom stereocenters. The van der Waals surface area contributed by atoms with Gasteiger partial charge in [-0.2, -0.15) is 0 Å². The number of ether oxygens (including phenoxy) is 1. The number of hydrogen-bond acceptors (Lipinski definition) is 4. The number of pyridine rings is 2. The van der Waals surface area contributed by atoms with Gasteiger partial charge in [-0.25, -0.2) is 0 Å². The Kier molecular flexibility index (Phi) is 5.77. The van der Waals surface area contributed by atoms with Crippen molar-refractivity contribution in [2.45, 2.75) is 38.7 Å². The first kappa shape index (κ1) is 16.4. The molecule has 2 heterocycles. The molecule has 1 aliphatic rings. The van der Waals surface area contributed by atoms with Crippen LogP contribution in [-0.4, -0.2) is 22.4 Å². The number of carbonyl (C=O) groups is 1. The number of hydrogen-bond donors (Lipinski definition) is 1. The van der Waals surface area contributed by atoms with Crippen molar-refractivity contribution in [3.05, 3.63) is 54.1 Å². The zero-order valence-electron chi connectivity index (χ0n) is 13.8. The monoisotopic (exact) mass is 325 g/mol. The Morgan fingerprint density at radius 3 is 2.75 bits per heavy atom. The molecule has 0 spiro atoms. The third-order valence-corrected chi connectivity index (χ3v) is 4.38. The van der Waals surface area contributed by atoms with Crippen LogP contribution < -0.4 is 10.1 Å². The zero-order valence-corrected chi connectivity index (χ0v) is 13.8. The van der Waals surface area contributed by atoms with E-state index in [-0.39, 0.29) is 5.91 Å². The lowest BCUT2D eigenvalue weighted by molar-refractivity contribution is 0.0943. The Morgan fingerprint density at radius 1 is 1.17 bits per heavy atom. The standard InChI is InChI=1S/C19H23N3O2/c23-19(22-11-15-5-2-1-3-6-15)16-8-9-17(21-12-16)14-24-18-7-4-10-20-13-18/h4,7-10,12-13,15H,1-3,5-6,11,14H2,(H,22,23). The SMILES string of the molecule is O=C(NCC1CCCCC1)c1ccc(COc2cccnc2)nc1. The number of amides is 1. The van der Waals surface area contributed by atoms with Crippen molar-refractivity contribution in [2.75, 3.05) is 6.54 Å². The van der Waals surface area contributed by atoms with Gasteiger partial charge in [0.05, 0.1) is 17.5 Å². The summed E-state index contributed by atoms with van der Waals surface area (Å²) in [7, 11) is 0. The van der Waals surface area contributed by atoms with Gasteiger partial charge in [0.2, 0.25) is 0 Å². The lowest BCUT2D eigenvalue weighted by Crippen LogP contribution is -2.30. The van der Waals surface area contributed by atoms with Crippen molar-refractivity contribution in [3.63, 3.8) is 0 Å². The first-order valence-corrected chi connectivity index (χ1v) is 8.57. The van der Waals surface area contributed by atoms with Crippen molar-refractivity contribution >= 4 is 5.91 Å². The van der Waals surface area contributed by atoms with Gasteiger partial charge < -0.3 is 10.1 Å². The predicted molar refractivity (Wildman–Crippen MR) is 91.7 cm³/mol. The lowest BCUT2D eigenvalue weighted by atomic mass is 9.89. The molecular formula is C19H23N3O2. The van der Waals surface area contributed by atoms with Gasteiger partial charge in [-0.1, -0.05) is 19.3 Å². The van der Waals surface area contributed by atoms with Gasteiger partial charge >= 0.3 is 0 Å². The van der Waals surface area contributed by atoms with E-state index in [0.29, 0.717) is 23.8 Å². The largest absolute Gasteiger partial charge is 0.486 e. The van der Waals surface area contributed by atoms with Gasteiger partial charge in [0.25, 0.3) is 5.91 Å². The third-order valence-electron chi connectivity index (χ3n) is 4.38. The molecule has 3 rings (SSSR count). The summed E-state index contributed by atoms with van der Waals surface area (Å²) in [5, 5.41) is 3.03. The minimum atomic E-state index is -0.0483. The van der Waals surface area contributed by atoms with E-state index in [1.165, 1.54) is 32.1 Å². The van der Waals surface area contributed by atoms with Gasteiger partial charge in [0.1, 0.15) is 12.4 Å². The van der Waals surface area contributed by atoms with Crippen molar-refractivity contribution in [2.24, 2.45) is 5.92 Å². The van der Waals surface area contributed by atoms with Gasteiger partial charge in [-0.05, 0) is 43.0 Å². The molecule has 5 nitrogen and oxygen atoms in total. The van der Waals surface area contributed by atoms with Crippen molar-refractivity contribution in [1.82, 2.24) is 15.3 Å². The summed E-state index contributed by atoms with van der Waals surface area (Å²) in [4.78, 5) is 20.5. The number of aromatic nitrogens is 2. The van der Waals surface area contributed by atoms with Gasteiger partial charge in [-0.3, -0.25) is 14.8 Å². The van der Waals surface area contributed by atoms with Crippen LogP contribution in [0.25, 0.3) is 0 Å². The summed E-state index contributed by atoms with van der Waals surface area (Å²) in [6.07, 6.45) is 11.3. The molecule has 0 saturated heterocycles. The average Bonchev–Trinajstić information content (AvgIpc) is 2.66. The first-order chi connectivity index (χ1) is 11.8. The van der Waals surface area contributed by atoms with Crippen LogP contribution in [0.15, 0.2) is 42.9 Å². The maximum atomic E-state index is 12.2. The summed E-state index contributed by atoms with van der Waals surface area (Å²) in [5.41, 5.74) is 1.37. The van der Waals surface area contributed by atoms with Crippen molar-refractivity contribution < 1.29 is 9.53 Å². The second-order valence-electron chi connectivity index (χ2n) is 6.23. The van der Waals surface area contributed by atoms with E-state index >= 15 is 0 Å². The van der Waals surface area contributed by atoms with Crippen LogP contribution in [0.1, 0.15) is 48.2 Å². The fraction of sp³-hybridized carbons (Fsp3) is 0.421. The molecule has 0 aromatic carbocycles. The highest BCUT2D eigenvalue weighted by Gasteiger charge is 2.15. The maximum absolute atomic E-state index is 12.2. The van der Waals surface area contributed by atoms with E-state index in [2.05, 4.69) is 15.3 Å². The molecule has 5 heteroatoms. The van der Waals surface area contributed by atoms with Crippen LogP contribution in [-0.2, 0) is 6.61 Å². The van der Waals surface area contributed by atoms with Gasteiger partial charge in [-0.15, -0.1) is 0 Å². The van der Waals surface area contributed by atoms with Crippen LogP contribution in [0, 0.1) is 5.92 Å². The summed E-state index contributed by atoms with van der Waals surface area (Å²) in [6.45, 7) is 1.13. The Hall–Kier alpha value is -2.43. The molecule has 126 valence electrons. The lowest BCUT2D eigenvalue weighted by Gasteiger charge is -2.21. The van der Waals surface area contributed by atoms with Crippen LogP contribution in [0.2, 0.25) is 0 Å². The number of nitrogens with one attached hydrogen (secondary N) is 1. The van der Waals surface area contributed by atoms with E-state index in [9.17, 15) is 4.79 Å². The Balaban J connectivity index is 1.47. The van der Waals surface area contributed by atoms with Crippen molar-refractivity contribution in [3.8, 4) is 5.75 Å². The molecule has 1 aliphatic carbocycles. The topological polar surface area (TPSA) is 64.1 Å². The highest BCUT2D eigenvalue weighted by molar-refractivity contribution is 5.93. The molecule has 1 N–H and O–H groups in total. The third kappa shape index (κ3) is 4.78. The van der Waals surface area contributed by atoms with E-state index < -0.39 is 0 Å². The highest BCUT2D eigenvalue weighted by atomic mass is 16.5. The van der Waals surface area contributed by atoms with Crippen LogP contribution in [0.3, 0.4) is 0 Å². The van der Waals surface area contributed by atoms with Crippen molar-refractivity contribution in [1.29, 1.82) is 0 Å². The Morgan fingerprint density at radius 2 is 2.04 bits per heavy atom. The smallest absolute Gasteiger partial charge is 0.252 e. The molecule has 24 heavy (non-hydrogen) atoms. The van der Waals surface area contributed by atoms with E-state index in [0.717, 1.165) is 12.2 Å². The summed E-state index contributed by atoms with van der Waals surface area (Å²) in [5.74, 6) is 1.28. The summed E-state index contributed by atoms with van der Waals surface area (Å²) >= 11 is 0. The quantitative estimate of drug-likeness (QED) is 0.884. The number of carbonyl (C=O) groups excluding carboxylic acids is 1. The number of nitrogens with zero attached hydrogens (tertiary/aromatic N) is 2. The minimum absolute atomic E-state index is 0.0483. The highest BCUT2D eigenvalue weighted by Crippen LogP contribution is 2.22. The predicted octanol–water partition coefficient (Wildman–Crippen LogP) is 3.37. The molecule has 1 amide bonds. The van der Waals surface area contributed by atoms with E-state index in [1.54, 1.807) is 24.7 Å². The molecule has 0 atom stereocenters. The molecule has 1 saturated carbocycles. The molecule has 1 fully saturated rings. The minimum Gasteiger partial charge on any atom is -0.486 e. The second kappa shape index (κ2) is 8.43. The normalized spacial score (nSPS) is 15.0. The molecule has 2 aromatic heterocycles. The molecule has 0 bridgehead atoms. The Bertz CT molecular complexity index is 637. The van der Waals surface area contributed by atoms with Crippen LogP contribution >= 0.6 is 0 Å². The Labute approximate surface area is 142 Å². The number of rotatable bonds is 6. The summed E-state index contributed by atoms with van der Waals surface area (Å²) < 4.78 is 5.59. The molecule has 2 aromatic rings. The first-order valence-electron chi connectivity index (χ1n) is 8.57. The van der Waals surface area contributed by atoms with E-state index in [4.69, 9.17) is 4.74 Å². The van der Waals surface area contributed by atoms with Crippen LogP contribution in [0.5, 0.6) is 5.75 Å². The molecule has 0 aliphatic heterocycles. The van der Waals surface area contributed by atoms with Gasteiger partial charge in [0, 0.05) is 18.9 Å². The second-order valence-corrected chi connectivity index (χ2v) is 6.23.